The molecule has 1 atom stereocenters. The third-order valence-electron chi connectivity index (χ3n) is 16.8. The zero-order chi connectivity index (χ0) is 59.9. The second-order valence-electron chi connectivity index (χ2n) is 25.2. The lowest BCUT2D eigenvalue weighted by molar-refractivity contribution is -0.167. The van der Waals surface area contributed by atoms with Crippen LogP contribution in [0, 0.1) is 0 Å². The molecule has 0 N–H and O–H groups in total. The van der Waals surface area contributed by atoms with Crippen LogP contribution in [0.2, 0.25) is 0 Å². The maximum absolute atomic E-state index is 13.0. The van der Waals surface area contributed by atoms with Gasteiger partial charge in [0.2, 0.25) is 0 Å². The van der Waals surface area contributed by atoms with Crippen molar-refractivity contribution in [3.8, 4) is 0 Å². The van der Waals surface area contributed by atoms with Gasteiger partial charge in [0.25, 0.3) is 0 Å². The molecule has 0 rings (SSSR count). The second-order valence-corrected chi connectivity index (χ2v) is 25.2. The van der Waals surface area contributed by atoms with Crippen molar-refractivity contribution in [2.45, 2.75) is 412 Å². The summed E-state index contributed by atoms with van der Waals surface area (Å²) in [5.74, 6) is -0.841. The number of rotatable bonds is 69. The first kappa shape index (κ1) is 80.4. The molecule has 0 aromatic heterocycles. The average molecular weight is 1160 g/mol. The molecule has 83 heavy (non-hydrogen) atoms. The average Bonchev–Trinajstić information content (AvgIpc) is 3.48. The first-order valence-corrected chi connectivity index (χ1v) is 37.1. The van der Waals surface area contributed by atoms with Crippen LogP contribution in [-0.4, -0.2) is 37.2 Å². The topological polar surface area (TPSA) is 78.9 Å². The van der Waals surface area contributed by atoms with E-state index < -0.39 is 6.10 Å². The Morgan fingerprint density at radius 1 is 0.241 bits per heavy atom. The number of hydrogen-bond donors (Lipinski definition) is 0. The van der Waals surface area contributed by atoms with Crippen molar-refractivity contribution >= 4 is 17.9 Å². The fourth-order valence-electron chi connectivity index (χ4n) is 11.2. The number of carbonyl (C=O) groups excluding carboxylic acids is 3. The van der Waals surface area contributed by atoms with E-state index in [0.29, 0.717) is 19.3 Å². The molecule has 0 radical (unpaired) electrons. The summed E-state index contributed by atoms with van der Waals surface area (Å²) >= 11 is 0. The van der Waals surface area contributed by atoms with E-state index in [0.717, 1.165) is 70.6 Å². The molecule has 0 amide bonds. The van der Waals surface area contributed by atoms with Gasteiger partial charge >= 0.3 is 17.9 Å². The molecule has 0 fully saturated rings. The van der Waals surface area contributed by atoms with E-state index in [4.69, 9.17) is 14.2 Å². The molecule has 0 aliphatic rings. The number of hydrogen-bond acceptors (Lipinski definition) is 6. The Hall–Kier alpha value is -2.63. The summed E-state index contributed by atoms with van der Waals surface area (Å²) in [6.07, 6.45) is 91.6. The molecule has 0 saturated heterocycles. The maximum Gasteiger partial charge on any atom is 0.306 e. The smallest absolute Gasteiger partial charge is 0.306 e. The highest BCUT2D eigenvalue weighted by Gasteiger charge is 2.19. The minimum absolute atomic E-state index is 0.0676. The molecular weight excluding hydrogens is 1020 g/mol. The predicted molar refractivity (Wildman–Crippen MR) is 362 cm³/mol. The SMILES string of the molecule is CCCCCCC/C=C\C/C=C\C/C=C\CCCCCCCCCCCCCCCCCCC(=O)OCC(COC(=O)CCCCCCCCCCCCC)OC(=O)CCCCCCCCCCCCC/C=C\CCCCCCCCCC. The molecule has 6 nitrogen and oxygen atoms in total. The van der Waals surface area contributed by atoms with E-state index in [-0.39, 0.29) is 31.1 Å². The lowest BCUT2D eigenvalue weighted by atomic mass is 10.0. The van der Waals surface area contributed by atoms with Crippen molar-refractivity contribution in [3.63, 3.8) is 0 Å². The number of carbonyl (C=O) groups is 3. The normalized spacial score (nSPS) is 12.3. The van der Waals surface area contributed by atoms with Gasteiger partial charge in [0.1, 0.15) is 13.2 Å². The Morgan fingerprint density at radius 2 is 0.434 bits per heavy atom. The molecule has 486 valence electrons. The maximum atomic E-state index is 13.0. The number of allylic oxidation sites excluding steroid dienone is 8. The fraction of sp³-hybridized carbons (Fsp3) is 0.857. The van der Waals surface area contributed by atoms with E-state index in [2.05, 4.69) is 69.4 Å². The first-order valence-electron chi connectivity index (χ1n) is 37.1. The van der Waals surface area contributed by atoms with E-state index >= 15 is 0 Å². The van der Waals surface area contributed by atoms with Gasteiger partial charge in [-0.1, -0.05) is 352 Å². The molecule has 0 saturated carbocycles. The Bertz CT molecular complexity index is 1430. The van der Waals surface area contributed by atoms with Crippen LogP contribution < -0.4 is 0 Å². The largest absolute Gasteiger partial charge is 0.462 e. The fourth-order valence-corrected chi connectivity index (χ4v) is 11.2. The van der Waals surface area contributed by atoms with Crippen LogP contribution in [0.25, 0.3) is 0 Å². The third kappa shape index (κ3) is 70.0. The van der Waals surface area contributed by atoms with Crippen LogP contribution in [-0.2, 0) is 28.6 Å². The van der Waals surface area contributed by atoms with E-state index in [1.807, 2.05) is 0 Å². The van der Waals surface area contributed by atoms with Crippen LogP contribution >= 0.6 is 0 Å². The molecule has 6 heteroatoms. The van der Waals surface area contributed by atoms with Gasteiger partial charge < -0.3 is 14.2 Å². The van der Waals surface area contributed by atoms with Crippen LogP contribution in [0.4, 0.5) is 0 Å². The molecule has 0 aliphatic carbocycles. The zero-order valence-electron chi connectivity index (χ0n) is 56.0. The highest BCUT2D eigenvalue weighted by molar-refractivity contribution is 5.71. The van der Waals surface area contributed by atoms with Crippen molar-refractivity contribution in [2.75, 3.05) is 13.2 Å². The summed E-state index contributed by atoms with van der Waals surface area (Å²) in [4.78, 5) is 38.4. The van der Waals surface area contributed by atoms with Crippen LogP contribution in [0.5, 0.6) is 0 Å². The minimum atomic E-state index is -0.771. The van der Waals surface area contributed by atoms with Gasteiger partial charge in [-0.25, -0.2) is 0 Å². The first-order chi connectivity index (χ1) is 41.0. The minimum Gasteiger partial charge on any atom is -0.462 e. The molecular formula is C77H142O6. The van der Waals surface area contributed by atoms with Gasteiger partial charge in [-0.15, -0.1) is 0 Å². The molecule has 0 bridgehead atoms. The van der Waals surface area contributed by atoms with Gasteiger partial charge in [0.05, 0.1) is 0 Å². The number of esters is 3. The summed E-state index contributed by atoms with van der Waals surface area (Å²) in [6, 6.07) is 0. The molecule has 1 unspecified atom stereocenters. The highest BCUT2D eigenvalue weighted by Crippen LogP contribution is 2.18. The van der Waals surface area contributed by atoms with Crippen molar-refractivity contribution in [3.05, 3.63) is 48.6 Å². The molecule has 0 heterocycles. The quantitative estimate of drug-likeness (QED) is 0.0261. The standard InChI is InChI=1S/C77H142O6/c1-4-7-10-13-16-19-22-24-26-28-30-32-34-35-36-37-38-39-40-41-43-44-46-48-50-52-55-58-61-64-67-70-76(79)82-73-74(72-81-75(78)69-66-63-60-57-54-21-18-15-12-9-6-3)83-77(80)71-68-65-62-59-56-53-51-49-47-45-42-33-31-29-27-25-23-20-17-14-11-8-5-2/h22,24,28-31,34-35,74H,4-21,23,25-27,32-33,36-73H2,1-3H3/b24-22-,30-28-,31-29-,35-34-. The van der Waals surface area contributed by atoms with E-state index in [1.54, 1.807) is 0 Å². The van der Waals surface area contributed by atoms with Gasteiger partial charge in [-0.3, -0.25) is 14.4 Å². The Balaban J connectivity index is 4.14. The lowest BCUT2D eigenvalue weighted by Crippen LogP contribution is -2.30. The van der Waals surface area contributed by atoms with Crippen molar-refractivity contribution in [1.29, 1.82) is 0 Å². The zero-order valence-corrected chi connectivity index (χ0v) is 56.0. The van der Waals surface area contributed by atoms with Gasteiger partial charge in [-0.2, -0.15) is 0 Å². The van der Waals surface area contributed by atoms with E-state index in [9.17, 15) is 14.4 Å². The van der Waals surface area contributed by atoms with Crippen molar-refractivity contribution in [2.24, 2.45) is 0 Å². The molecule has 0 aromatic carbocycles. The highest BCUT2D eigenvalue weighted by atomic mass is 16.6. The van der Waals surface area contributed by atoms with E-state index in [1.165, 1.54) is 295 Å². The van der Waals surface area contributed by atoms with Crippen molar-refractivity contribution < 1.29 is 28.6 Å². The van der Waals surface area contributed by atoms with Crippen LogP contribution in [0.1, 0.15) is 406 Å². The summed E-state index contributed by atoms with van der Waals surface area (Å²) in [6.45, 7) is 6.69. The third-order valence-corrected chi connectivity index (χ3v) is 16.8. The summed E-state index contributed by atoms with van der Waals surface area (Å²) < 4.78 is 17.0. The van der Waals surface area contributed by atoms with Gasteiger partial charge in [0, 0.05) is 19.3 Å². The molecule has 0 aliphatic heterocycles. The molecule has 0 aromatic rings. The second kappa shape index (κ2) is 71.8. The van der Waals surface area contributed by atoms with Gasteiger partial charge in [-0.05, 0) is 83.5 Å². The molecule has 0 spiro atoms. The predicted octanol–water partition coefficient (Wildman–Crippen LogP) is 25.7. The number of unbranched alkanes of at least 4 members (excludes halogenated alkanes) is 50. The summed E-state index contributed by atoms with van der Waals surface area (Å²) in [5.41, 5.74) is 0. The Labute approximate surface area is 518 Å². The van der Waals surface area contributed by atoms with Crippen molar-refractivity contribution in [1.82, 2.24) is 0 Å². The summed E-state index contributed by atoms with van der Waals surface area (Å²) in [5, 5.41) is 0. The van der Waals surface area contributed by atoms with Crippen LogP contribution in [0.3, 0.4) is 0 Å². The summed E-state index contributed by atoms with van der Waals surface area (Å²) in [7, 11) is 0. The van der Waals surface area contributed by atoms with Crippen LogP contribution in [0.15, 0.2) is 48.6 Å². The van der Waals surface area contributed by atoms with Gasteiger partial charge in [0.15, 0.2) is 6.10 Å². The monoisotopic (exact) mass is 1160 g/mol. The Morgan fingerprint density at radius 3 is 0.687 bits per heavy atom. The number of ether oxygens (including phenoxy) is 3. The lowest BCUT2D eigenvalue weighted by Gasteiger charge is -2.18. The Kier molecular flexibility index (Phi) is 69.6.